The first-order chi connectivity index (χ1) is 12.4. The largest absolute Gasteiger partial charge is 0.495 e. The van der Waals surface area contributed by atoms with E-state index in [2.05, 4.69) is 5.32 Å². The van der Waals surface area contributed by atoms with Gasteiger partial charge in [0.1, 0.15) is 16.5 Å². The third-order valence-electron chi connectivity index (χ3n) is 3.82. The van der Waals surface area contributed by atoms with Gasteiger partial charge < -0.3 is 10.1 Å². The maximum Gasteiger partial charge on any atom is 0.279 e. The van der Waals surface area contributed by atoms with E-state index in [9.17, 15) is 9.59 Å². The summed E-state index contributed by atoms with van der Waals surface area (Å²) in [6, 6.07) is 11.8. The van der Waals surface area contributed by atoms with Crippen molar-refractivity contribution >= 4 is 52.3 Å². The molecule has 1 N–H and O–H groups in total. The van der Waals surface area contributed by atoms with Crippen molar-refractivity contribution in [2.24, 2.45) is 0 Å². The van der Waals surface area contributed by atoms with Gasteiger partial charge in [0.15, 0.2) is 0 Å². The van der Waals surface area contributed by atoms with Gasteiger partial charge in [-0.1, -0.05) is 53.0 Å². The minimum Gasteiger partial charge on any atom is -0.495 e. The van der Waals surface area contributed by atoms with Gasteiger partial charge in [-0.15, -0.1) is 0 Å². The summed E-state index contributed by atoms with van der Waals surface area (Å²) in [7, 11) is 1.48. The number of nitrogens with one attached hydrogen (secondary N) is 1. The number of halogens is 3. The van der Waals surface area contributed by atoms with Crippen LogP contribution < -0.4 is 10.1 Å². The van der Waals surface area contributed by atoms with Crippen LogP contribution in [0, 0.1) is 0 Å². The molecule has 0 aromatic heterocycles. The van der Waals surface area contributed by atoms with E-state index in [1.807, 2.05) is 0 Å². The molecule has 0 saturated carbocycles. The lowest BCUT2D eigenvalue weighted by Crippen LogP contribution is -2.32. The standard InChI is InChI=1S/C18H13Cl3N2O3/c1-26-14-7-6-11(19)8-13(14)22-16-15(21)17(24)23(18(16)25)9-10-4-2-3-5-12(10)20/h2-8,22H,9H2,1H3. The summed E-state index contributed by atoms with van der Waals surface area (Å²) in [4.78, 5) is 26.2. The molecule has 134 valence electrons. The highest BCUT2D eigenvalue weighted by Crippen LogP contribution is 2.33. The van der Waals surface area contributed by atoms with Crippen molar-refractivity contribution in [2.45, 2.75) is 6.54 Å². The van der Waals surface area contributed by atoms with Crippen LogP contribution in [0.4, 0.5) is 5.69 Å². The Kier molecular flexibility index (Phi) is 5.41. The third kappa shape index (κ3) is 3.51. The van der Waals surface area contributed by atoms with Crippen molar-refractivity contribution in [2.75, 3.05) is 12.4 Å². The van der Waals surface area contributed by atoms with Crippen LogP contribution in [0.1, 0.15) is 5.56 Å². The number of rotatable bonds is 5. The number of methoxy groups -OCH3 is 1. The van der Waals surface area contributed by atoms with E-state index in [0.29, 0.717) is 27.0 Å². The molecule has 3 rings (SSSR count). The Hall–Kier alpha value is -2.21. The molecule has 2 amide bonds. The average molecular weight is 412 g/mol. The highest BCUT2D eigenvalue weighted by molar-refractivity contribution is 6.48. The van der Waals surface area contributed by atoms with Gasteiger partial charge in [0.25, 0.3) is 11.8 Å². The number of hydrogen-bond donors (Lipinski definition) is 1. The monoisotopic (exact) mass is 410 g/mol. The van der Waals surface area contributed by atoms with Crippen LogP contribution in [0.25, 0.3) is 0 Å². The first-order valence-electron chi connectivity index (χ1n) is 7.52. The Morgan fingerprint density at radius 2 is 1.77 bits per heavy atom. The van der Waals surface area contributed by atoms with E-state index in [4.69, 9.17) is 39.5 Å². The summed E-state index contributed by atoms with van der Waals surface area (Å²) in [6.45, 7) is 0.0193. The fraction of sp³-hybridized carbons (Fsp3) is 0.111. The van der Waals surface area contributed by atoms with E-state index in [0.717, 1.165) is 4.90 Å². The van der Waals surface area contributed by atoms with Crippen molar-refractivity contribution in [3.8, 4) is 5.75 Å². The molecule has 1 aliphatic rings. The number of ether oxygens (including phenoxy) is 1. The molecule has 1 aliphatic heterocycles. The van der Waals surface area contributed by atoms with E-state index in [-0.39, 0.29) is 17.3 Å². The number of carbonyl (C=O) groups is 2. The van der Waals surface area contributed by atoms with Crippen LogP contribution >= 0.6 is 34.8 Å². The SMILES string of the molecule is COc1ccc(Cl)cc1NC1=C(Cl)C(=O)N(Cc2ccccc2Cl)C1=O. The van der Waals surface area contributed by atoms with Gasteiger partial charge in [-0.2, -0.15) is 0 Å². The minimum absolute atomic E-state index is 0.0193. The van der Waals surface area contributed by atoms with Crippen LogP contribution in [0.5, 0.6) is 5.75 Å². The highest BCUT2D eigenvalue weighted by Gasteiger charge is 2.38. The van der Waals surface area contributed by atoms with E-state index in [1.54, 1.807) is 42.5 Å². The maximum absolute atomic E-state index is 12.7. The number of imide groups is 1. The number of amides is 2. The number of anilines is 1. The summed E-state index contributed by atoms with van der Waals surface area (Å²) >= 11 is 18.2. The molecule has 2 aromatic carbocycles. The van der Waals surface area contributed by atoms with Crippen LogP contribution in [-0.2, 0) is 16.1 Å². The summed E-state index contributed by atoms with van der Waals surface area (Å²) in [5, 5.41) is 3.55. The van der Waals surface area contributed by atoms with Gasteiger partial charge in [-0.25, -0.2) is 0 Å². The number of carbonyl (C=O) groups excluding carboxylic acids is 2. The number of hydrogen-bond acceptors (Lipinski definition) is 4. The van der Waals surface area contributed by atoms with Crippen LogP contribution in [0.2, 0.25) is 10.0 Å². The second-order valence-electron chi connectivity index (χ2n) is 5.45. The van der Waals surface area contributed by atoms with Crippen LogP contribution in [0.15, 0.2) is 53.2 Å². The van der Waals surface area contributed by atoms with Crippen molar-refractivity contribution in [3.63, 3.8) is 0 Å². The fourth-order valence-corrected chi connectivity index (χ4v) is 3.11. The molecule has 0 aliphatic carbocycles. The van der Waals surface area contributed by atoms with Crippen molar-refractivity contribution in [1.29, 1.82) is 0 Å². The van der Waals surface area contributed by atoms with Gasteiger partial charge in [-0.05, 0) is 29.8 Å². The van der Waals surface area contributed by atoms with E-state index < -0.39 is 11.8 Å². The molecule has 0 atom stereocenters. The van der Waals surface area contributed by atoms with Gasteiger partial charge in [-0.3, -0.25) is 14.5 Å². The van der Waals surface area contributed by atoms with Crippen molar-refractivity contribution < 1.29 is 14.3 Å². The Bertz CT molecular complexity index is 928. The smallest absolute Gasteiger partial charge is 0.279 e. The molecule has 0 saturated heterocycles. The average Bonchev–Trinajstić information content (AvgIpc) is 2.82. The summed E-state index contributed by atoms with van der Waals surface area (Å²) < 4.78 is 5.23. The molecule has 0 fully saturated rings. The number of nitrogens with zero attached hydrogens (tertiary/aromatic N) is 1. The molecule has 2 aromatic rings. The van der Waals surface area contributed by atoms with Crippen molar-refractivity contribution in [3.05, 3.63) is 68.8 Å². The molecule has 0 radical (unpaired) electrons. The molecular weight excluding hydrogens is 399 g/mol. The third-order valence-corrected chi connectivity index (χ3v) is 4.77. The predicted molar refractivity (Wildman–Crippen MR) is 102 cm³/mol. The Morgan fingerprint density at radius 1 is 1.04 bits per heavy atom. The zero-order valence-electron chi connectivity index (χ0n) is 13.6. The normalized spacial score (nSPS) is 14.2. The summed E-state index contributed by atoms with van der Waals surface area (Å²) in [5.74, 6) is -0.696. The highest BCUT2D eigenvalue weighted by atomic mass is 35.5. The van der Waals surface area contributed by atoms with Crippen LogP contribution in [-0.4, -0.2) is 23.8 Å². The fourth-order valence-electron chi connectivity index (χ4n) is 2.51. The van der Waals surface area contributed by atoms with Gasteiger partial charge in [0, 0.05) is 10.0 Å². The van der Waals surface area contributed by atoms with E-state index in [1.165, 1.54) is 7.11 Å². The van der Waals surface area contributed by atoms with Gasteiger partial charge >= 0.3 is 0 Å². The topological polar surface area (TPSA) is 58.6 Å². The van der Waals surface area contributed by atoms with Crippen LogP contribution in [0.3, 0.4) is 0 Å². The molecule has 8 heteroatoms. The first-order valence-corrected chi connectivity index (χ1v) is 8.65. The molecule has 5 nitrogen and oxygen atoms in total. The molecule has 0 bridgehead atoms. The molecule has 26 heavy (non-hydrogen) atoms. The number of benzene rings is 2. The lowest BCUT2D eigenvalue weighted by molar-refractivity contribution is -0.138. The molecule has 1 heterocycles. The van der Waals surface area contributed by atoms with Gasteiger partial charge in [0.2, 0.25) is 0 Å². The summed E-state index contributed by atoms with van der Waals surface area (Å²) in [6.07, 6.45) is 0. The minimum atomic E-state index is -0.597. The lowest BCUT2D eigenvalue weighted by atomic mass is 10.2. The summed E-state index contributed by atoms with van der Waals surface area (Å²) in [5.41, 5.74) is 1.03. The molecular formula is C18H13Cl3N2O3. The molecule has 0 unspecified atom stereocenters. The molecule has 0 spiro atoms. The lowest BCUT2D eigenvalue weighted by Gasteiger charge is -2.16. The van der Waals surface area contributed by atoms with E-state index >= 15 is 0 Å². The Labute approximate surface area is 165 Å². The quantitative estimate of drug-likeness (QED) is 0.739. The Morgan fingerprint density at radius 3 is 2.46 bits per heavy atom. The van der Waals surface area contributed by atoms with Crippen molar-refractivity contribution in [1.82, 2.24) is 4.90 Å². The second kappa shape index (κ2) is 7.58. The first kappa shape index (κ1) is 18.6. The zero-order chi connectivity index (χ0) is 18.8. The van der Waals surface area contributed by atoms with Gasteiger partial charge in [0.05, 0.1) is 19.3 Å². The maximum atomic E-state index is 12.7. The second-order valence-corrected chi connectivity index (χ2v) is 6.67. The Balaban J connectivity index is 1.88. The predicted octanol–water partition coefficient (Wildman–Crippen LogP) is 4.43. The zero-order valence-corrected chi connectivity index (χ0v) is 15.8.